The molecule has 0 radical (unpaired) electrons. The summed E-state index contributed by atoms with van der Waals surface area (Å²) in [6, 6.07) is 8.27. The van der Waals surface area contributed by atoms with Crippen LogP contribution in [0, 0.1) is 0 Å². The van der Waals surface area contributed by atoms with Crippen LogP contribution in [0.25, 0.3) is 0 Å². The molecule has 4 heterocycles. The molecule has 0 aliphatic carbocycles. The smallest absolute Gasteiger partial charge is 0.134 e. The number of piperazine rings is 1. The maximum atomic E-state index is 9.55. The highest BCUT2D eigenvalue weighted by atomic mass is 16.3. The van der Waals surface area contributed by atoms with E-state index in [0.717, 1.165) is 63.0 Å². The van der Waals surface area contributed by atoms with Gasteiger partial charge in [0.15, 0.2) is 0 Å². The third kappa shape index (κ3) is 3.37. The first-order valence-corrected chi connectivity index (χ1v) is 8.95. The topological polar surface area (TPSA) is 68.6 Å². The van der Waals surface area contributed by atoms with Crippen molar-refractivity contribution in [2.45, 2.75) is 18.9 Å². The fourth-order valence-corrected chi connectivity index (χ4v) is 3.70. The van der Waals surface area contributed by atoms with Gasteiger partial charge in [-0.3, -0.25) is 0 Å². The molecule has 0 amide bonds. The molecule has 2 fully saturated rings. The molecule has 0 unspecified atom stereocenters. The lowest BCUT2D eigenvalue weighted by Gasteiger charge is -2.36. The lowest BCUT2D eigenvalue weighted by molar-refractivity contribution is 0.266. The summed E-state index contributed by atoms with van der Waals surface area (Å²) >= 11 is 0. The van der Waals surface area contributed by atoms with Crippen molar-refractivity contribution in [1.82, 2.24) is 15.0 Å². The molecule has 2 aliphatic heterocycles. The first-order valence-electron chi connectivity index (χ1n) is 8.95. The van der Waals surface area contributed by atoms with Gasteiger partial charge in [0.2, 0.25) is 0 Å². The van der Waals surface area contributed by atoms with Gasteiger partial charge in [-0.2, -0.15) is 0 Å². The highest BCUT2D eigenvalue weighted by molar-refractivity contribution is 5.52. The fourth-order valence-electron chi connectivity index (χ4n) is 3.70. The molecule has 0 aromatic carbocycles. The van der Waals surface area contributed by atoms with Gasteiger partial charge in [0.05, 0.1) is 12.6 Å². The molecule has 2 aliphatic rings. The number of aliphatic hydroxyl groups excluding tert-OH is 1. The molecule has 0 saturated carbocycles. The van der Waals surface area contributed by atoms with E-state index >= 15 is 0 Å². The zero-order valence-electron chi connectivity index (χ0n) is 14.3. The second-order valence-corrected chi connectivity index (χ2v) is 6.57. The van der Waals surface area contributed by atoms with Gasteiger partial charge in [-0.05, 0) is 25.0 Å². The molecule has 0 spiro atoms. The van der Waals surface area contributed by atoms with Crippen molar-refractivity contribution in [3.63, 3.8) is 0 Å². The predicted molar refractivity (Wildman–Crippen MR) is 98.1 cm³/mol. The minimum atomic E-state index is 0.183. The van der Waals surface area contributed by atoms with Crippen molar-refractivity contribution in [2.75, 3.05) is 54.0 Å². The Morgan fingerprint density at radius 2 is 1.68 bits per heavy atom. The van der Waals surface area contributed by atoms with Crippen molar-refractivity contribution in [3.8, 4) is 0 Å². The Labute approximate surface area is 147 Å². The SMILES string of the molecule is OC[C@@H]1CCCN1c1cc(N2CCN(c3ccccn3)CC2)ncn1. The first kappa shape index (κ1) is 16.1. The summed E-state index contributed by atoms with van der Waals surface area (Å²) in [5.41, 5.74) is 0. The molecule has 7 nitrogen and oxygen atoms in total. The molecule has 1 N–H and O–H groups in total. The molecule has 132 valence electrons. The lowest BCUT2D eigenvalue weighted by Crippen LogP contribution is -2.47. The van der Waals surface area contributed by atoms with Gasteiger partial charge in [0, 0.05) is 45.0 Å². The minimum absolute atomic E-state index is 0.183. The Morgan fingerprint density at radius 3 is 2.40 bits per heavy atom. The van der Waals surface area contributed by atoms with Gasteiger partial charge in [-0.25, -0.2) is 15.0 Å². The van der Waals surface area contributed by atoms with Gasteiger partial charge in [0.25, 0.3) is 0 Å². The van der Waals surface area contributed by atoms with Gasteiger partial charge >= 0.3 is 0 Å². The fraction of sp³-hybridized carbons (Fsp3) is 0.500. The molecule has 7 heteroatoms. The Kier molecular flexibility index (Phi) is 4.65. The average molecular weight is 340 g/mol. The summed E-state index contributed by atoms with van der Waals surface area (Å²) in [5.74, 6) is 2.93. The van der Waals surface area contributed by atoms with E-state index in [2.05, 4.69) is 41.8 Å². The van der Waals surface area contributed by atoms with E-state index in [0.29, 0.717) is 0 Å². The van der Waals surface area contributed by atoms with E-state index in [1.807, 2.05) is 18.3 Å². The Balaban J connectivity index is 1.44. The highest BCUT2D eigenvalue weighted by Gasteiger charge is 2.26. The van der Waals surface area contributed by atoms with Crippen molar-refractivity contribution < 1.29 is 5.11 Å². The maximum absolute atomic E-state index is 9.55. The number of aromatic nitrogens is 3. The van der Waals surface area contributed by atoms with E-state index < -0.39 is 0 Å². The molecular weight excluding hydrogens is 316 g/mol. The minimum Gasteiger partial charge on any atom is -0.394 e. The van der Waals surface area contributed by atoms with E-state index in [9.17, 15) is 5.11 Å². The average Bonchev–Trinajstić information content (AvgIpc) is 3.18. The van der Waals surface area contributed by atoms with Crippen molar-refractivity contribution in [1.29, 1.82) is 0 Å². The van der Waals surface area contributed by atoms with Gasteiger partial charge in [-0.15, -0.1) is 0 Å². The van der Waals surface area contributed by atoms with E-state index in [1.165, 1.54) is 0 Å². The number of hydrogen-bond acceptors (Lipinski definition) is 7. The number of hydrogen-bond donors (Lipinski definition) is 1. The predicted octanol–water partition coefficient (Wildman–Crippen LogP) is 1.16. The number of rotatable bonds is 4. The zero-order chi connectivity index (χ0) is 17.1. The molecule has 4 rings (SSSR count). The Bertz CT molecular complexity index is 689. The number of pyridine rings is 1. The summed E-state index contributed by atoms with van der Waals surface area (Å²) in [5, 5.41) is 9.55. The van der Waals surface area contributed by atoms with Gasteiger partial charge in [0.1, 0.15) is 23.8 Å². The van der Waals surface area contributed by atoms with Gasteiger partial charge < -0.3 is 19.8 Å². The molecule has 2 aromatic heterocycles. The third-order valence-electron chi connectivity index (χ3n) is 5.10. The first-order chi connectivity index (χ1) is 12.3. The van der Waals surface area contributed by atoms with Crippen LogP contribution in [0.3, 0.4) is 0 Å². The Morgan fingerprint density at radius 1 is 0.920 bits per heavy atom. The summed E-state index contributed by atoms with van der Waals surface area (Å²) in [7, 11) is 0. The van der Waals surface area contributed by atoms with Crippen molar-refractivity contribution in [2.24, 2.45) is 0 Å². The van der Waals surface area contributed by atoms with Crippen LogP contribution < -0.4 is 14.7 Å². The zero-order valence-corrected chi connectivity index (χ0v) is 14.3. The quantitative estimate of drug-likeness (QED) is 0.896. The van der Waals surface area contributed by atoms with Crippen LogP contribution >= 0.6 is 0 Å². The number of aliphatic hydroxyl groups is 1. The summed E-state index contributed by atoms with van der Waals surface area (Å²) in [6.45, 7) is 4.82. The summed E-state index contributed by atoms with van der Waals surface area (Å²) < 4.78 is 0. The molecule has 25 heavy (non-hydrogen) atoms. The standard InChI is InChI=1S/C18H24N6O/c25-13-15-4-3-7-24(15)18-12-17(20-14-21-18)23-10-8-22(9-11-23)16-5-1-2-6-19-16/h1-2,5-6,12,14-15,25H,3-4,7-11,13H2/t15-/m0/s1. The van der Waals surface area contributed by atoms with Crippen LogP contribution in [-0.4, -0.2) is 65.4 Å². The number of nitrogens with zero attached hydrogens (tertiary/aromatic N) is 6. The van der Waals surface area contributed by atoms with Crippen LogP contribution in [0.4, 0.5) is 17.5 Å². The molecular formula is C18H24N6O. The normalized spacial score (nSPS) is 21.0. The highest BCUT2D eigenvalue weighted by Crippen LogP contribution is 2.26. The number of anilines is 3. The molecule has 0 bridgehead atoms. The van der Waals surface area contributed by atoms with E-state index in [-0.39, 0.29) is 12.6 Å². The van der Waals surface area contributed by atoms with Gasteiger partial charge in [-0.1, -0.05) is 6.07 Å². The third-order valence-corrected chi connectivity index (χ3v) is 5.10. The van der Waals surface area contributed by atoms with Crippen LogP contribution in [0.2, 0.25) is 0 Å². The van der Waals surface area contributed by atoms with Crippen LogP contribution in [0.1, 0.15) is 12.8 Å². The van der Waals surface area contributed by atoms with E-state index in [4.69, 9.17) is 0 Å². The van der Waals surface area contributed by atoms with Crippen LogP contribution in [-0.2, 0) is 0 Å². The monoisotopic (exact) mass is 340 g/mol. The molecule has 1 atom stereocenters. The summed E-state index contributed by atoms with van der Waals surface area (Å²) in [4.78, 5) is 20.2. The maximum Gasteiger partial charge on any atom is 0.134 e. The van der Waals surface area contributed by atoms with Crippen molar-refractivity contribution >= 4 is 17.5 Å². The molecule has 2 saturated heterocycles. The molecule has 2 aromatic rings. The summed E-state index contributed by atoms with van der Waals surface area (Å²) in [6.07, 6.45) is 5.61. The van der Waals surface area contributed by atoms with Crippen LogP contribution in [0.15, 0.2) is 36.8 Å². The largest absolute Gasteiger partial charge is 0.394 e. The van der Waals surface area contributed by atoms with E-state index in [1.54, 1.807) is 6.33 Å². The second-order valence-electron chi connectivity index (χ2n) is 6.57. The van der Waals surface area contributed by atoms with Crippen LogP contribution in [0.5, 0.6) is 0 Å². The second kappa shape index (κ2) is 7.23. The van der Waals surface area contributed by atoms with Crippen molar-refractivity contribution in [3.05, 3.63) is 36.8 Å². The Hall–Kier alpha value is -2.41. The lowest BCUT2D eigenvalue weighted by atomic mass is 10.2.